The number of amides is 1. The molecule has 0 aromatic carbocycles. The van der Waals surface area contributed by atoms with Crippen LogP contribution in [-0.2, 0) is 9.53 Å². The summed E-state index contributed by atoms with van der Waals surface area (Å²) in [5.74, 6) is 0.149. The minimum atomic E-state index is -0.328. The molecular formula is C13H26N2O2. The maximum absolute atomic E-state index is 12.3. The molecule has 0 aromatic rings. The van der Waals surface area contributed by atoms with Crippen LogP contribution in [0, 0.1) is 10.8 Å². The topological polar surface area (TPSA) is 50.4 Å². The summed E-state index contributed by atoms with van der Waals surface area (Å²) in [4.78, 5) is 12.3. The molecule has 1 heterocycles. The predicted molar refractivity (Wildman–Crippen MR) is 68.9 cm³/mol. The van der Waals surface area contributed by atoms with E-state index in [1.807, 2.05) is 0 Å². The van der Waals surface area contributed by atoms with Gasteiger partial charge in [0.15, 0.2) is 0 Å². The van der Waals surface area contributed by atoms with Crippen LogP contribution in [-0.4, -0.2) is 39.3 Å². The van der Waals surface area contributed by atoms with Gasteiger partial charge in [-0.25, -0.2) is 0 Å². The Bertz CT molecular complexity index is 247. The number of rotatable bonds is 4. The molecule has 0 aromatic heterocycles. The lowest BCUT2D eigenvalue weighted by Crippen LogP contribution is -2.51. The van der Waals surface area contributed by atoms with E-state index in [9.17, 15) is 4.79 Å². The molecule has 1 saturated heterocycles. The molecule has 0 saturated carbocycles. The third-order valence-corrected chi connectivity index (χ3v) is 3.24. The van der Waals surface area contributed by atoms with E-state index < -0.39 is 0 Å². The van der Waals surface area contributed by atoms with E-state index in [2.05, 4.69) is 31.4 Å². The van der Waals surface area contributed by atoms with Crippen LogP contribution in [0.15, 0.2) is 0 Å². The fourth-order valence-electron chi connectivity index (χ4n) is 2.15. The average Bonchev–Trinajstić information content (AvgIpc) is 2.26. The molecular weight excluding hydrogens is 216 g/mol. The van der Waals surface area contributed by atoms with E-state index in [1.54, 1.807) is 7.11 Å². The molecule has 0 bridgehead atoms. The molecule has 0 atom stereocenters. The van der Waals surface area contributed by atoms with Crippen molar-refractivity contribution < 1.29 is 9.53 Å². The van der Waals surface area contributed by atoms with E-state index in [0.29, 0.717) is 13.2 Å². The highest BCUT2D eigenvalue weighted by molar-refractivity contribution is 5.83. The summed E-state index contributed by atoms with van der Waals surface area (Å²) in [7, 11) is 1.67. The quantitative estimate of drug-likeness (QED) is 0.778. The van der Waals surface area contributed by atoms with Crippen molar-refractivity contribution in [1.82, 2.24) is 10.6 Å². The molecule has 0 unspecified atom stereocenters. The van der Waals surface area contributed by atoms with E-state index in [0.717, 1.165) is 25.9 Å². The van der Waals surface area contributed by atoms with E-state index in [1.165, 1.54) is 0 Å². The fourth-order valence-corrected chi connectivity index (χ4v) is 2.15. The zero-order valence-electron chi connectivity index (χ0n) is 11.6. The van der Waals surface area contributed by atoms with Crippen molar-refractivity contribution in [2.75, 3.05) is 33.4 Å². The zero-order chi connectivity index (χ0) is 12.9. The van der Waals surface area contributed by atoms with Gasteiger partial charge in [-0.1, -0.05) is 20.8 Å². The molecule has 4 nitrogen and oxygen atoms in total. The zero-order valence-corrected chi connectivity index (χ0v) is 11.6. The van der Waals surface area contributed by atoms with Crippen molar-refractivity contribution in [2.45, 2.75) is 33.6 Å². The summed E-state index contributed by atoms with van der Waals surface area (Å²) in [5, 5.41) is 6.36. The molecule has 4 heteroatoms. The Kier molecular flexibility index (Phi) is 4.95. The SMILES string of the molecule is COCC1(C(=O)NCC(C)(C)C)CCNCC1. The Balaban J connectivity index is 2.60. The van der Waals surface area contributed by atoms with Crippen molar-refractivity contribution in [3.05, 3.63) is 0 Å². The Morgan fingerprint density at radius 2 is 1.94 bits per heavy atom. The van der Waals surface area contributed by atoms with Crippen LogP contribution >= 0.6 is 0 Å². The number of carbonyl (C=O) groups is 1. The second-order valence-electron chi connectivity index (χ2n) is 6.21. The van der Waals surface area contributed by atoms with Gasteiger partial charge < -0.3 is 15.4 Å². The molecule has 1 aliphatic rings. The van der Waals surface area contributed by atoms with Gasteiger partial charge in [-0.15, -0.1) is 0 Å². The van der Waals surface area contributed by atoms with Crippen LogP contribution < -0.4 is 10.6 Å². The van der Waals surface area contributed by atoms with Crippen molar-refractivity contribution in [1.29, 1.82) is 0 Å². The first kappa shape index (κ1) is 14.5. The number of hydrogen-bond donors (Lipinski definition) is 2. The molecule has 0 radical (unpaired) electrons. The third-order valence-electron chi connectivity index (χ3n) is 3.24. The lowest BCUT2D eigenvalue weighted by atomic mass is 9.78. The number of ether oxygens (including phenoxy) is 1. The monoisotopic (exact) mass is 242 g/mol. The molecule has 17 heavy (non-hydrogen) atoms. The average molecular weight is 242 g/mol. The largest absolute Gasteiger partial charge is 0.384 e. The Hall–Kier alpha value is -0.610. The second-order valence-corrected chi connectivity index (χ2v) is 6.21. The van der Waals surface area contributed by atoms with Crippen LogP contribution in [0.1, 0.15) is 33.6 Å². The fraction of sp³-hybridized carbons (Fsp3) is 0.923. The smallest absolute Gasteiger partial charge is 0.228 e. The highest BCUT2D eigenvalue weighted by atomic mass is 16.5. The molecule has 1 fully saturated rings. The lowest BCUT2D eigenvalue weighted by Gasteiger charge is -2.36. The Labute approximate surface area is 104 Å². The molecule has 1 amide bonds. The van der Waals surface area contributed by atoms with Crippen LogP contribution in [0.4, 0.5) is 0 Å². The third kappa shape index (κ3) is 4.28. The number of carbonyl (C=O) groups excluding carboxylic acids is 1. The summed E-state index contributed by atoms with van der Waals surface area (Å²) in [6, 6.07) is 0. The number of nitrogens with one attached hydrogen (secondary N) is 2. The number of hydrogen-bond acceptors (Lipinski definition) is 3. The predicted octanol–water partition coefficient (Wildman–Crippen LogP) is 1.16. The molecule has 100 valence electrons. The normalized spacial score (nSPS) is 20.0. The van der Waals surface area contributed by atoms with E-state index in [4.69, 9.17) is 4.74 Å². The summed E-state index contributed by atoms with van der Waals surface area (Å²) in [5.41, 5.74) is -0.206. The summed E-state index contributed by atoms with van der Waals surface area (Å²) < 4.78 is 5.25. The highest BCUT2D eigenvalue weighted by Gasteiger charge is 2.39. The van der Waals surface area contributed by atoms with E-state index in [-0.39, 0.29) is 16.7 Å². The molecule has 1 rings (SSSR count). The van der Waals surface area contributed by atoms with Crippen molar-refractivity contribution in [3.63, 3.8) is 0 Å². The highest BCUT2D eigenvalue weighted by Crippen LogP contribution is 2.29. The standard InChI is InChI=1S/C13H26N2O2/c1-12(2,3)9-15-11(16)13(10-17-4)5-7-14-8-6-13/h14H,5-10H2,1-4H3,(H,15,16). The van der Waals surface area contributed by atoms with Gasteiger partial charge in [-0.05, 0) is 31.3 Å². The summed E-state index contributed by atoms with van der Waals surface area (Å²) >= 11 is 0. The Morgan fingerprint density at radius 1 is 1.35 bits per heavy atom. The first-order valence-corrected chi connectivity index (χ1v) is 6.38. The van der Waals surface area contributed by atoms with Gasteiger partial charge in [0.25, 0.3) is 0 Å². The van der Waals surface area contributed by atoms with Gasteiger partial charge in [-0.2, -0.15) is 0 Å². The minimum absolute atomic E-state index is 0.122. The molecule has 0 spiro atoms. The second kappa shape index (κ2) is 5.83. The Morgan fingerprint density at radius 3 is 2.41 bits per heavy atom. The van der Waals surface area contributed by atoms with Crippen molar-refractivity contribution in [2.24, 2.45) is 10.8 Å². The molecule has 1 aliphatic heterocycles. The van der Waals surface area contributed by atoms with Crippen LogP contribution in [0.3, 0.4) is 0 Å². The summed E-state index contributed by atoms with van der Waals surface area (Å²) in [6.45, 7) is 9.39. The molecule has 0 aliphatic carbocycles. The van der Waals surface area contributed by atoms with Gasteiger partial charge in [-0.3, -0.25) is 4.79 Å². The molecule has 2 N–H and O–H groups in total. The lowest BCUT2D eigenvalue weighted by molar-refractivity contribution is -0.136. The van der Waals surface area contributed by atoms with Crippen LogP contribution in [0.25, 0.3) is 0 Å². The first-order chi connectivity index (χ1) is 7.90. The van der Waals surface area contributed by atoms with Gasteiger partial charge in [0, 0.05) is 13.7 Å². The van der Waals surface area contributed by atoms with Gasteiger partial charge in [0.2, 0.25) is 5.91 Å². The number of piperidine rings is 1. The van der Waals surface area contributed by atoms with Gasteiger partial charge >= 0.3 is 0 Å². The number of methoxy groups -OCH3 is 1. The van der Waals surface area contributed by atoms with Crippen molar-refractivity contribution in [3.8, 4) is 0 Å². The maximum atomic E-state index is 12.3. The van der Waals surface area contributed by atoms with Gasteiger partial charge in [0.1, 0.15) is 0 Å². The van der Waals surface area contributed by atoms with Crippen LogP contribution in [0.5, 0.6) is 0 Å². The van der Waals surface area contributed by atoms with Crippen molar-refractivity contribution >= 4 is 5.91 Å². The van der Waals surface area contributed by atoms with Gasteiger partial charge in [0.05, 0.1) is 12.0 Å². The minimum Gasteiger partial charge on any atom is -0.384 e. The maximum Gasteiger partial charge on any atom is 0.228 e. The summed E-state index contributed by atoms with van der Waals surface area (Å²) in [6.07, 6.45) is 1.72. The first-order valence-electron chi connectivity index (χ1n) is 6.38. The van der Waals surface area contributed by atoms with Crippen LogP contribution in [0.2, 0.25) is 0 Å². The van der Waals surface area contributed by atoms with E-state index >= 15 is 0 Å².